The van der Waals surface area contributed by atoms with E-state index in [1.165, 1.54) is 0 Å². The second-order valence-corrected chi connectivity index (χ2v) is 11.9. The molecule has 2 aromatic heterocycles. The molecule has 0 spiro atoms. The summed E-state index contributed by atoms with van der Waals surface area (Å²) in [5, 5.41) is 11.7. The summed E-state index contributed by atoms with van der Waals surface area (Å²) in [6, 6.07) is 22.0. The van der Waals surface area contributed by atoms with Crippen molar-refractivity contribution in [2.75, 3.05) is 5.32 Å². The van der Waals surface area contributed by atoms with Gasteiger partial charge in [-0.1, -0.05) is 68.4 Å². The van der Waals surface area contributed by atoms with E-state index >= 15 is 0 Å². The first kappa shape index (κ1) is 28.9. The van der Waals surface area contributed by atoms with Gasteiger partial charge in [-0.15, -0.1) is 0 Å². The van der Waals surface area contributed by atoms with Gasteiger partial charge in [-0.3, -0.25) is 9.78 Å². The van der Waals surface area contributed by atoms with E-state index in [1.54, 1.807) is 6.20 Å². The van der Waals surface area contributed by atoms with Crippen molar-refractivity contribution in [3.63, 3.8) is 0 Å². The van der Waals surface area contributed by atoms with E-state index in [4.69, 9.17) is 14.2 Å². The minimum atomic E-state index is -0.211. The van der Waals surface area contributed by atoms with Crippen molar-refractivity contribution in [3.05, 3.63) is 101 Å². The van der Waals surface area contributed by atoms with Crippen molar-refractivity contribution in [1.82, 2.24) is 15.5 Å². The first-order chi connectivity index (χ1) is 20.0. The van der Waals surface area contributed by atoms with Gasteiger partial charge in [0, 0.05) is 29.4 Å². The predicted octanol–water partition coefficient (Wildman–Crippen LogP) is 8.26. The van der Waals surface area contributed by atoms with Crippen LogP contribution in [0.5, 0.6) is 5.75 Å². The average Bonchev–Trinajstić information content (AvgIpc) is 3.29. The summed E-state index contributed by atoms with van der Waals surface area (Å²) in [7, 11) is 0. The Labute approximate surface area is 247 Å². The maximum absolute atomic E-state index is 13.7. The summed E-state index contributed by atoms with van der Waals surface area (Å²) in [6.45, 7) is 14.7. The van der Waals surface area contributed by atoms with E-state index in [-0.39, 0.29) is 17.4 Å². The van der Waals surface area contributed by atoms with Crippen LogP contribution < -0.4 is 15.4 Å². The van der Waals surface area contributed by atoms with E-state index in [1.807, 2.05) is 88.4 Å². The quantitative estimate of drug-likeness (QED) is 0.198. The van der Waals surface area contributed by atoms with Gasteiger partial charge < -0.3 is 19.9 Å². The zero-order valence-corrected chi connectivity index (χ0v) is 25.3. The highest BCUT2D eigenvalue weighted by Crippen LogP contribution is 2.37. The van der Waals surface area contributed by atoms with Crippen LogP contribution >= 0.6 is 0 Å². The Hall–Kier alpha value is -4.65. The van der Waals surface area contributed by atoms with E-state index in [0.29, 0.717) is 17.8 Å². The molecule has 216 valence electrons. The van der Waals surface area contributed by atoms with Crippen LogP contribution in [0.25, 0.3) is 22.0 Å². The fraction of sp³-hybridized carbons (Fsp3) is 0.286. The van der Waals surface area contributed by atoms with Gasteiger partial charge in [0.1, 0.15) is 11.5 Å². The molecule has 2 N–H and O–H groups in total. The lowest BCUT2D eigenvalue weighted by molar-refractivity contribution is 0.0951. The number of carbonyl (C=O) groups is 1. The van der Waals surface area contributed by atoms with Gasteiger partial charge in [0.25, 0.3) is 5.91 Å². The van der Waals surface area contributed by atoms with Crippen LogP contribution in [0.15, 0.2) is 77.4 Å². The number of benzene rings is 3. The maximum Gasteiger partial charge on any atom is 0.255 e. The van der Waals surface area contributed by atoms with Gasteiger partial charge in [-0.05, 0) is 74.1 Å². The van der Waals surface area contributed by atoms with E-state index in [0.717, 1.165) is 56.0 Å². The third kappa shape index (κ3) is 6.15. The van der Waals surface area contributed by atoms with Crippen LogP contribution in [0.2, 0.25) is 0 Å². The minimum Gasteiger partial charge on any atom is -0.491 e. The van der Waals surface area contributed by atoms with E-state index in [2.05, 4.69) is 42.6 Å². The van der Waals surface area contributed by atoms with Gasteiger partial charge in [-0.2, -0.15) is 0 Å². The number of nitrogens with zero attached hydrogens (tertiary/aromatic N) is 2. The number of hydrogen-bond donors (Lipinski definition) is 2. The van der Waals surface area contributed by atoms with Crippen molar-refractivity contribution in [2.45, 2.75) is 66.5 Å². The molecule has 7 nitrogen and oxygen atoms in total. The van der Waals surface area contributed by atoms with Crippen molar-refractivity contribution in [3.8, 4) is 16.9 Å². The minimum absolute atomic E-state index is 0.100. The van der Waals surface area contributed by atoms with Gasteiger partial charge in [0.05, 0.1) is 28.6 Å². The molecule has 0 unspecified atom stereocenters. The van der Waals surface area contributed by atoms with Crippen LogP contribution in [0, 0.1) is 13.8 Å². The molecule has 0 aliphatic carbocycles. The third-order valence-corrected chi connectivity index (χ3v) is 7.18. The zero-order valence-electron chi connectivity index (χ0n) is 25.3. The summed E-state index contributed by atoms with van der Waals surface area (Å²) in [6.07, 6.45) is 1.75. The van der Waals surface area contributed by atoms with Gasteiger partial charge in [-0.25, -0.2) is 0 Å². The Morgan fingerprint density at radius 2 is 1.74 bits per heavy atom. The molecular weight excluding hydrogens is 524 g/mol. The number of pyridine rings is 1. The molecule has 0 aliphatic rings. The Morgan fingerprint density at radius 1 is 1.00 bits per heavy atom. The largest absolute Gasteiger partial charge is 0.491 e. The lowest BCUT2D eigenvalue weighted by Crippen LogP contribution is -2.24. The molecule has 1 amide bonds. The predicted molar refractivity (Wildman–Crippen MR) is 169 cm³/mol. The molecule has 2 heterocycles. The topological polar surface area (TPSA) is 89.3 Å². The summed E-state index contributed by atoms with van der Waals surface area (Å²) in [5.74, 6) is 1.35. The van der Waals surface area contributed by atoms with Crippen LogP contribution in [-0.4, -0.2) is 22.2 Å². The Morgan fingerprint density at radius 3 is 2.40 bits per heavy atom. The second kappa shape index (κ2) is 11.7. The van der Waals surface area contributed by atoms with Crippen molar-refractivity contribution >= 4 is 28.2 Å². The van der Waals surface area contributed by atoms with Gasteiger partial charge in [0.15, 0.2) is 0 Å². The molecule has 0 saturated heterocycles. The number of aromatic nitrogens is 2. The highest BCUT2D eigenvalue weighted by molar-refractivity contribution is 6.08. The number of para-hydroxylation sites is 1. The molecular formula is C35H38N4O3. The Balaban J connectivity index is 1.53. The number of anilines is 2. The normalized spacial score (nSPS) is 11.6. The molecule has 0 atom stereocenters. The summed E-state index contributed by atoms with van der Waals surface area (Å²) < 4.78 is 11.1. The number of nitrogens with one attached hydrogen (secondary N) is 2. The Bertz CT molecular complexity index is 1710. The first-order valence-electron chi connectivity index (χ1n) is 14.3. The average molecular weight is 563 g/mol. The molecule has 0 saturated carbocycles. The molecule has 7 heteroatoms. The molecule has 0 aliphatic heterocycles. The van der Waals surface area contributed by atoms with Gasteiger partial charge >= 0.3 is 0 Å². The molecule has 3 aromatic carbocycles. The molecule has 0 radical (unpaired) electrons. The number of carbonyl (C=O) groups excluding carboxylic acids is 1. The fourth-order valence-corrected chi connectivity index (χ4v) is 5.17. The molecule has 5 rings (SSSR count). The molecule has 0 bridgehead atoms. The third-order valence-electron chi connectivity index (χ3n) is 7.18. The highest BCUT2D eigenvalue weighted by Gasteiger charge is 2.22. The summed E-state index contributed by atoms with van der Waals surface area (Å²) in [4.78, 5) is 18.4. The molecule has 5 aromatic rings. The lowest BCUT2D eigenvalue weighted by Gasteiger charge is -2.24. The smallest absolute Gasteiger partial charge is 0.255 e. The number of amides is 1. The summed E-state index contributed by atoms with van der Waals surface area (Å²) in [5.41, 5.74) is 7.66. The van der Waals surface area contributed by atoms with Crippen molar-refractivity contribution in [1.29, 1.82) is 0 Å². The number of rotatable bonds is 8. The second-order valence-electron chi connectivity index (χ2n) is 11.9. The number of fused-ring (bicyclic) bond motifs is 1. The van der Waals surface area contributed by atoms with Crippen LogP contribution in [0.3, 0.4) is 0 Å². The number of ether oxygens (including phenoxy) is 1. The monoisotopic (exact) mass is 562 g/mol. The fourth-order valence-electron chi connectivity index (χ4n) is 5.17. The lowest BCUT2D eigenvalue weighted by atomic mass is 9.85. The highest BCUT2D eigenvalue weighted by atomic mass is 16.5. The maximum atomic E-state index is 13.7. The van der Waals surface area contributed by atoms with Crippen molar-refractivity contribution < 1.29 is 14.1 Å². The van der Waals surface area contributed by atoms with Crippen LogP contribution in [0.1, 0.15) is 67.6 Å². The molecule has 0 fully saturated rings. The number of hydrogen-bond acceptors (Lipinski definition) is 6. The van der Waals surface area contributed by atoms with Gasteiger partial charge in [0.2, 0.25) is 0 Å². The molecule has 42 heavy (non-hydrogen) atoms. The summed E-state index contributed by atoms with van der Waals surface area (Å²) >= 11 is 0. The van der Waals surface area contributed by atoms with E-state index < -0.39 is 0 Å². The zero-order chi connectivity index (χ0) is 30.0. The first-order valence-corrected chi connectivity index (χ1v) is 14.3. The van der Waals surface area contributed by atoms with E-state index in [9.17, 15) is 4.79 Å². The standard InChI is InChI=1S/C35H38N4O3/c1-21(2)41-26-15-12-24(13-16-26)19-37-34(40)28-20-36-31-18-25(32-22(3)39-42-23(32)4)14-17-27(31)33(28)38-30-11-9-8-10-29(30)35(5,6)7/h8-18,20-21H,19H2,1-7H3,(H,36,38)(H,37,40). The van der Waals surface area contributed by atoms with Crippen molar-refractivity contribution in [2.24, 2.45) is 0 Å². The van der Waals surface area contributed by atoms with Crippen LogP contribution in [-0.2, 0) is 12.0 Å². The van der Waals surface area contributed by atoms with Crippen LogP contribution in [0.4, 0.5) is 11.4 Å². The Kier molecular flexibility index (Phi) is 8.03. The number of aryl methyl sites for hydroxylation is 2. The SMILES string of the molecule is Cc1noc(C)c1-c1ccc2c(Nc3ccccc3C(C)(C)C)c(C(=O)NCc3ccc(OC(C)C)cc3)cnc2c1.